The molecule has 2 aromatic rings. The summed E-state index contributed by atoms with van der Waals surface area (Å²) in [5.74, 6) is 1.56. The molecule has 3 heteroatoms. The lowest BCUT2D eigenvalue weighted by Crippen LogP contribution is -2.07. The monoisotopic (exact) mass is 231 g/mol. The zero-order valence-corrected chi connectivity index (χ0v) is 10.4. The Morgan fingerprint density at radius 1 is 1.24 bits per heavy atom. The van der Waals surface area contributed by atoms with E-state index >= 15 is 0 Å². The van der Waals surface area contributed by atoms with Crippen molar-refractivity contribution in [3.8, 4) is 11.6 Å². The van der Waals surface area contributed by atoms with E-state index in [1.54, 1.807) is 6.20 Å². The molecule has 2 rings (SSSR count). The quantitative estimate of drug-likeness (QED) is 0.808. The summed E-state index contributed by atoms with van der Waals surface area (Å²) in [6.07, 6.45) is 1.88. The lowest BCUT2D eigenvalue weighted by molar-refractivity contribution is 0.236. The normalized spacial score (nSPS) is 10.8. The van der Waals surface area contributed by atoms with Crippen molar-refractivity contribution in [2.45, 2.75) is 26.9 Å². The van der Waals surface area contributed by atoms with Crippen molar-refractivity contribution in [1.29, 1.82) is 0 Å². The number of ether oxygens (including phenoxy) is 2. The van der Waals surface area contributed by atoms with Crippen molar-refractivity contribution in [1.82, 2.24) is 4.98 Å². The van der Waals surface area contributed by atoms with Crippen LogP contribution in [-0.2, 0) is 0 Å². The minimum absolute atomic E-state index is 0.125. The minimum Gasteiger partial charge on any atom is -0.494 e. The highest BCUT2D eigenvalue weighted by Crippen LogP contribution is 2.27. The van der Waals surface area contributed by atoms with E-state index in [0.717, 1.165) is 16.5 Å². The van der Waals surface area contributed by atoms with Gasteiger partial charge in [0.05, 0.1) is 12.7 Å². The molecule has 0 saturated carbocycles. The molecular formula is C14H17NO2. The lowest BCUT2D eigenvalue weighted by Gasteiger charge is -2.11. The fourth-order valence-electron chi connectivity index (χ4n) is 1.70. The minimum atomic E-state index is 0.125. The number of aromatic nitrogens is 1. The maximum absolute atomic E-state index is 5.68. The van der Waals surface area contributed by atoms with Crippen LogP contribution >= 0.6 is 0 Å². The summed E-state index contributed by atoms with van der Waals surface area (Å²) >= 11 is 0. The molecule has 0 spiro atoms. The average Bonchev–Trinajstić information content (AvgIpc) is 2.29. The largest absolute Gasteiger partial charge is 0.494 e. The van der Waals surface area contributed by atoms with Gasteiger partial charge in [-0.15, -0.1) is 0 Å². The van der Waals surface area contributed by atoms with Crippen molar-refractivity contribution in [2.75, 3.05) is 6.61 Å². The molecule has 3 nitrogen and oxygen atoms in total. The van der Waals surface area contributed by atoms with Crippen LogP contribution in [-0.4, -0.2) is 17.7 Å². The Labute approximate surface area is 101 Å². The Hall–Kier alpha value is -1.77. The highest BCUT2D eigenvalue weighted by molar-refractivity contribution is 5.87. The Balaban J connectivity index is 2.43. The van der Waals surface area contributed by atoms with Crippen LogP contribution in [0.2, 0.25) is 0 Å². The number of hydrogen-bond acceptors (Lipinski definition) is 3. The summed E-state index contributed by atoms with van der Waals surface area (Å²) in [6.45, 7) is 6.64. The maximum atomic E-state index is 5.68. The molecule has 0 atom stereocenters. The first-order valence-corrected chi connectivity index (χ1v) is 5.89. The molecule has 0 N–H and O–H groups in total. The molecular weight excluding hydrogens is 214 g/mol. The van der Waals surface area contributed by atoms with Crippen molar-refractivity contribution < 1.29 is 9.47 Å². The van der Waals surface area contributed by atoms with Gasteiger partial charge >= 0.3 is 0 Å². The number of hydrogen-bond donors (Lipinski definition) is 0. The van der Waals surface area contributed by atoms with Crippen molar-refractivity contribution in [3.63, 3.8) is 0 Å². The smallest absolute Gasteiger partial charge is 0.221 e. The third-order valence-corrected chi connectivity index (χ3v) is 2.36. The first-order valence-electron chi connectivity index (χ1n) is 5.89. The molecule has 0 unspecified atom stereocenters. The molecule has 0 radical (unpaired) electrons. The van der Waals surface area contributed by atoms with Crippen LogP contribution < -0.4 is 9.47 Å². The number of pyridine rings is 1. The van der Waals surface area contributed by atoms with Crippen molar-refractivity contribution >= 4 is 10.8 Å². The van der Waals surface area contributed by atoms with E-state index in [0.29, 0.717) is 12.5 Å². The molecule has 0 aliphatic rings. The fraction of sp³-hybridized carbons (Fsp3) is 0.357. The Bertz CT molecular complexity index is 509. The number of rotatable bonds is 4. The van der Waals surface area contributed by atoms with Crippen LogP contribution in [0.3, 0.4) is 0 Å². The highest BCUT2D eigenvalue weighted by Gasteiger charge is 2.06. The predicted octanol–water partition coefficient (Wildman–Crippen LogP) is 3.42. The average molecular weight is 231 g/mol. The summed E-state index contributed by atoms with van der Waals surface area (Å²) in [5, 5.41) is 2.10. The first kappa shape index (κ1) is 11.7. The van der Waals surface area contributed by atoms with Crippen LogP contribution in [0, 0.1) is 0 Å². The van der Waals surface area contributed by atoms with Crippen molar-refractivity contribution in [2.24, 2.45) is 0 Å². The van der Waals surface area contributed by atoms with Gasteiger partial charge in [0.25, 0.3) is 0 Å². The molecule has 0 bridgehead atoms. The van der Waals surface area contributed by atoms with E-state index in [1.807, 2.05) is 45.0 Å². The van der Waals surface area contributed by atoms with Crippen LogP contribution in [0.15, 0.2) is 30.5 Å². The van der Waals surface area contributed by atoms with Gasteiger partial charge in [0.2, 0.25) is 5.88 Å². The third-order valence-electron chi connectivity index (χ3n) is 2.36. The van der Waals surface area contributed by atoms with E-state index in [4.69, 9.17) is 9.47 Å². The van der Waals surface area contributed by atoms with Crippen LogP contribution in [0.1, 0.15) is 20.8 Å². The fourth-order valence-corrected chi connectivity index (χ4v) is 1.70. The summed E-state index contributed by atoms with van der Waals surface area (Å²) < 4.78 is 11.1. The van der Waals surface area contributed by atoms with Gasteiger partial charge in [-0.2, -0.15) is 0 Å². The van der Waals surface area contributed by atoms with Crippen LogP contribution in [0.5, 0.6) is 11.6 Å². The lowest BCUT2D eigenvalue weighted by atomic mass is 10.1. The molecule has 0 aliphatic carbocycles. The second-order valence-corrected chi connectivity index (χ2v) is 4.10. The van der Waals surface area contributed by atoms with E-state index < -0.39 is 0 Å². The zero-order chi connectivity index (χ0) is 12.3. The van der Waals surface area contributed by atoms with Crippen LogP contribution in [0.4, 0.5) is 0 Å². The summed E-state index contributed by atoms with van der Waals surface area (Å²) in [4.78, 5) is 4.26. The summed E-state index contributed by atoms with van der Waals surface area (Å²) in [7, 11) is 0. The highest BCUT2D eigenvalue weighted by atomic mass is 16.5. The second kappa shape index (κ2) is 5.04. The molecule has 0 fully saturated rings. The molecule has 1 aromatic carbocycles. The van der Waals surface area contributed by atoms with E-state index in [1.165, 1.54) is 0 Å². The van der Waals surface area contributed by atoms with Crippen molar-refractivity contribution in [3.05, 3.63) is 30.5 Å². The zero-order valence-electron chi connectivity index (χ0n) is 10.4. The summed E-state index contributed by atoms with van der Waals surface area (Å²) in [6, 6.07) is 7.91. The SMILES string of the molecule is CCOc1ccc2c(OC(C)C)nccc2c1. The standard InChI is InChI=1S/C14H17NO2/c1-4-16-12-5-6-13-11(9-12)7-8-15-14(13)17-10(2)3/h5-10H,4H2,1-3H3. The molecule has 17 heavy (non-hydrogen) atoms. The third kappa shape index (κ3) is 2.67. The van der Waals surface area contributed by atoms with Gasteiger partial charge < -0.3 is 9.47 Å². The number of benzene rings is 1. The van der Waals surface area contributed by atoms with E-state index in [2.05, 4.69) is 4.98 Å². The van der Waals surface area contributed by atoms with Gasteiger partial charge in [0.1, 0.15) is 5.75 Å². The van der Waals surface area contributed by atoms with Gasteiger partial charge in [-0.25, -0.2) is 4.98 Å². The van der Waals surface area contributed by atoms with E-state index in [9.17, 15) is 0 Å². The second-order valence-electron chi connectivity index (χ2n) is 4.10. The first-order chi connectivity index (χ1) is 8.20. The Kier molecular flexibility index (Phi) is 3.47. The summed E-state index contributed by atoms with van der Waals surface area (Å²) in [5.41, 5.74) is 0. The van der Waals surface area contributed by atoms with Gasteiger partial charge in [-0.1, -0.05) is 0 Å². The van der Waals surface area contributed by atoms with Crippen LogP contribution in [0.25, 0.3) is 10.8 Å². The number of fused-ring (bicyclic) bond motifs is 1. The Morgan fingerprint density at radius 2 is 2.06 bits per heavy atom. The van der Waals surface area contributed by atoms with Gasteiger partial charge in [0.15, 0.2) is 0 Å². The molecule has 1 heterocycles. The molecule has 1 aromatic heterocycles. The van der Waals surface area contributed by atoms with Gasteiger partial charge in [0, 0.05) is 11.6 Å². The molecule has 0 aliphatic heterocycles. The number of nitrogens with zero attached hydrogens (tertiary/aromatic N) is 1. The maximum Gasteiger partial charge on any atom is 0.221 e. The molecule has 0 amide bonds. The Morgan fingerprint density at radius 3 is 2.76 bits per heavy atom. The van der Waals surface area contributed by atoms with Gasteiger partial charge in [-0.05, 0) is 50.4 Å². The van der Waals surface area contributed by atoms with Gasteiger partial charge in [-0.3, -0.25) is 0 Å². The predicted molar refractivity (Wildman–Crippen MR) is 68.7 cm³/mol. The molecule has 0 saturated heterocycles. The van der Waals surface area contributed by atoms with E-state index in [-0.39, 0.29) is 6.10 Å². The molecule has 90 valence electrons. The topological polar surface area (TPSA) is 31.4 Å².